The number of rotatable bonds is 3. The van der Waals surface area contributed by atoms with Crippen LogP contribution >= 0.6 is 50.2 Å². The summed E-state index contributed by atoms with van der Waals surface area (Å²) in [6.07, 6.45) is 0. The lowest BCUT2D eigenvalue weighted by Gasteiger charge is -2.10. The Morgan fingerprint density at radius 2 is 2.05 bits per heavy atom. The lowest BCUT2D eigenvalue weighted by molar-refractivity contribution is 0.412. The SMILES string of the molecule is COc1ccc(C(Cl)c2cc3sccc3s2)cc1Br. The first-order chi connectivity index (χ1) is 9.19. The Bertz CT molecular complexity index is 691. The van der Waals surface area contributed by atoms with Crippen molar-refractivity contribution >= 4 is 59.6 Å². The fraction of sp³-hybridized carbons (Fsp3) is 0.143. The number of hydrogen-bond acceptors (Lipinski definition) is 3. The van der Waals surface area contributed by atoms with Gasteiger partial charge < -0.3 is 4.74 Å². The molecule has 0 saturated heterocycles. The van der Waals surface area contributed by atoms with Crippen LogP contribution in [-0.2, 0) is 0 Å². The van der Waals surface area contributed by atoms with Gasteiger partial charge >= 0.3 is 0 Å². The van der Waals surface area contributed by atoms with Gasteiger partial charge in [-0.1, -0.05) is 6.07 Å². The molecular weight excluding hydrogens is 364 g/mol. The highest BCUT2D eigenvalue weighted by Crippen LogP contribution is 2.40. The second-order valence-electron chi connectivity index (χ2n) is 4.05. The van der Waals surface area contributed by atoms with Crippen LogP contribution in [0.4, 0.5) is 0 Å². The molecule has 1 unspecified atom stereocenters. The Morgan fingerprint density at radius 1 is 1.21 bits per heavy atom. The molecule has 0 bridgehead atoms. The summed E-state index contributed by atoms with van der Waals surface area (Å²) in [5.74, 6) is 0.819. The zero-order chi connectivity index (χ0) is 13.4. The van der Waals surface area contributed by atoms with E-state index in [2.05, 4.69) is 33.4 Å². The van der Waals surface area contributed by atoms with Crippen molar-refractivity contribution in [2.24, 2.45) is 0 Å². The van der Waals surface area contributed by atoms with E-state index in [0.29, 0.717) is 0 Å². The number of fused-ring (bicyclic) bond motifs is 1. The van der Waals surface area contributed by atoms with Gasteiger partial charge in [0.15, 0.2) is 0 Å². The van der Waals surface area contributed by atoms with Crippen LogP contribution in [0.15, 0.2) is 40.2 Å². The first-order valence-corrected chi connectivity index (χ1v) is 8.56. The van der Waals surface area contributed by atoms with Crippen molar-refractivity contribution in [2.75, 3.05) is 7.11 Å². The molecule has 5 heteroatoms. The van der Waals surface area contributed by atoms with Crippen molar-refractivity contribution in [3.63, 3.8) is 0 Å². The number of benzene rings is 1. The third-order valence-electron chi connectivity index (χ3n) is 2.88. The van der Waals surface area contributed by atoms with Gasteiger partial charge in [0, 0.05) is 14.3 Å². The number of thiophene rings is 2. The summed E-state index contributed by atoms with van der Waals surface area (Å²) < 4.78 is 8.77. The fourth-order valence-electron chi connectivity index (χ4n) is 1.91. The molecule has 19 heavy (non-hydrogen) atoms. The molecule has 0 amide bonds. The largest absolute Gasteiger partial charge is 0.496 e. The number of halogens is 2. The Kier molecular flexibility index (Phi) is 3.85. The van der Waals surface area contributed by atoms with Crippen molar-refractivity contribution in [1.29, 1.82) is 0 Å². The molecule has 0 aliphatic heterocycles. The minimum absolute atomic E-state index is 0.119. The molecule has 0 radical (unpaired) electrons. The maximum atomic E-state index is 6.58. The van der Waals surface area contributed by atoms with Gasteiger partial charge in [-0.05, 0) is 51.1 Å². The summed E-state index contributed by atoms with van der Waals surface area (Å²) in [6.45, 7) is 0. The van der Waals surface area contributed by atoms with Crippen LogP contribution in [0.25, 0.3) is 9.40 Å². The maximum absolute atomic E-state index is 6.58. The normalized spacial score (nSPS) is 12.8. The smallest absolute Gasteiger partial charge is 0.133 e. The van der Waals surface area contributed by atoms with E-state index in [1.807, 2.05) is 18.2 Å². The zero-order valence-electron chi connectivity index (χ0n) is 10.0. The first-order valence-electron chi connectivity index (χ1n) is 5.63. The number of methoxy groups -OCH3 is 1. The van der Waals surface area contributed by atoms with Gasteiger partial charge in [-0.3, -0.25) is 0 Å². The highest BCUT2D eigenvalue weighted by Gasteiger charge is 2.16. The summed E-state index contributed by atoms with van der Waals surface area (Å²) in [5.41, 5.74) is 1.07. The summed E-state index contributed by atoms with van der Waals surface area (Å²) in [4.78, 5) is 1.18. The Balaban J connectivity index is 1.96. The average Bonchev–Trinajstić information content (AvgIpc) is 2.98. The second kappa shape index (κ2) is 5.44. The molecule has 1 atom stereocenters. The third kappa shape index (κ3) is 2.55. The molecule has 0 fully saturated rings. The molecule has 3 rings (SSSR count). The highest BCUT2D eigenvalue weighted by atomic mass is 79.9. The summed E-state index contributed by atoms with van der Waals surface area (Å²) in [5, 5.41) is 1.99. The predicted octanol–water partition coefficient (Wildman–Crippen LogP) is 6.06. The zero-order valence-corrected chi connectivity index (χ0v) is 14.0. The topological polar surface area (TPSA) is 9.23 Å². The summed E-state index contributed by atoms with van der Waals surface area (Å²) in [6, 6.07) is 10.3. The molecule has 2 aromatic heterocycles. The van der Waals surface area contributed by atoms with Gasteiger partial charge in [0.25, 0.3) is 0 Å². The van der Waals surface area contributed by atoms with Gasteiger partial charge in [-0.2, -0.15) is 0 Å². The van der Waals surface area contributed by atoms with Crippen LogP contribution in [0.1, 0.15) is 15.8 Å². The summed E-state index contributed by atoms with van der Waals surface area (Å²) in [7, 11) is 1.66. The first kappa shape index (κ1) is 13.4. The van der Waals surface area contributed by atoms with E-state index < -0.39 is 0 Å². The standard InChI is InChI=1S/C14H10BrClOS2/c1-17-10-3-2-8(6-9(10)15)14(16)13-7-12-11(19-13)4-5-18-12/h2-7,14H,1H3. The Labute approximate surface area is 132 Å². The lowest BCUT2D eigenvalue weighted by atomic mass is 10.1. The second-order valence-corrected chi connectivity index (χ2v) is 7.41. The molecule has 3 aromatic rings. The van der Waals surface area contributed by atoms with Gasteiger partial charge in [-0.15, -0.1) is 34.3 Å². The van der Waals surface area contributed by atoms with Crippen molar-refractivity contribution in [3.05, 3.63) is 50.6 Å². The van der Waals surface area contributed by atoms with Gasteiger partial charge in [0.05, 0.1) is 17.0 Å². The molecule has 1 nitrogen and oxygen atoms in total. The van der Waals surface area contributed by atoms with Crippen LogP contribution in [0, 0.1) is 0 Å². The molecule has 0 N–H and O–H groups in total. The average molecular weight is 374 g/mol. The quantitative estimate of drug-likeness (QED) is 0.507. The van der Waals surface area contributed by atoms with Crippen LogP contribution in [0.5, 0.6) is 5.75 Å². The molecular formula is C14H10BrClOS2. The van der Waals surface area contributed by atoms with E-state index in [9.17, 15) is 0 Å². The molecule has 1 aromatic carbocycles. The van der Waals surface area contributed by atoms with Crippen molar-refractivity contribution in [2.45, 2.75) is 5.38 Å². The molecule has 98 valence electrons. The van der Waals surface area contributed by atoms with E-state index in [0.717, 1.165) is 15.8 Å². The molecule has 0 saturated carbocycles. The molecule has 0 spiro atoms. The van der Waals surface area contributed by atoms with Gasteiger partial charge in [0.1, 0.15) is 5.75 Å². The van der Waals surface area contributed by atoms with Crippen LogP contribution in [0.2, 0.25) is 0 Å². The van der Waals surface area contributed by atoms with E-state index in [4.69, 9.17) is 16.3 Å². The predicted molar refractivity (Wildman–Crippen MR) is 88.1 cm³/mol. The van der Waals surface area contributed by atoms with E-state index in [1.165, 1.54) is 14.3 Å². The number of alkyl halides is 1. The minimum atomic E-state index is -0.119. The minimum Gasteiger partial charge on any atom is -0.496 e. The monoisotopic (exact) mass is 372 g/mol. The van der Waals surface area contributed by atoms with E-state index >= 15 is 0 Å². The van der Waals surface area contributed by atoms with Crippen molar-refractivity contribution in [1.82, 2.24) is 0 Å². The van der Waals surface area contributed by atoms with Crippen molar-refractivity contribution < 1.29 is 4.74 Å². The number of hydrogen-bond donors (Lipinski definition) is 0. The van der Waals surface area contributed by atoms with Crippen LogP contribution < -0.4 is 4.74 Å². The van der Waals surface area contributed by atoms with E-state index in [-0.39, 0.29) is 5.38 Å². The fourth-order valence-corrected chi connectivity index (χ4v) is 4.93. The molecule has 0 aliphatic rings. The van der Waals surface area contributed by atoms with E-state index in [1.54, 1.807) is 29.8 Å². The molecule has 0 aliphatic carbocycles. The third-order valence-corrected chi connectivity index (χ3v) is 6.27. The lowest BCUT2D eigenvalue weighted by Crippen LogP contribution is -1.92. The van der Waals surface area contributed by atoms with Gasteiger partial charge in [-0.25, -0.2) is 0 Å². The Hall–Kier alpha value is -0.550. The number of ether oxygens (including phenoxy) is 1. The summed E-state index contributed by atoms with van der Waals surface area (Å²) >= 11 is 13.6. The maximum Gasteiger partial charge on any atom is 0.133 e. The van der Waals surface area contributed by atoms with Crippen LogP contribution in [0.3, 0.4) is 0 Å². The van der Waals surface area contributed by atoms with Crippen LogP contribution in [-0.4, -0.2) is 7.11 Å². The van der Waals surface area contributed by atoms with Crippen molar-refractivity contribution in [3.8, 4) is 5.75 Å². The highest BCUT2D eigenvalue weighted by molar-refractivity contribution is 9.10. The van der Waals surface area contributed by atoms with Gasteiger partial charge in [0.2, 0.25) is 0 Å². The Morgan fingerprint density at radius 3 is 2.74 bits per heavy atom. The molecule has 2 heterocycles.